The lowest BCUT2D eigenvalue weighted by Gasteiger charge is -2.14. The van der Waals surface area contributed by atoms with Crippen LogP contribution in [0.15, 0.2) is 23.4 Å². The first-order chi connectivity index (χ1) is 7.06. The molecule has 0 heterocycles. The summed E-state index contributed by atoms with van der Waals surface area (Å²) in [7, 11) is 0. The molecule has 0 saturated carbocycles. The predicted molar refractivity (Wildman–Crippen MR) is 53.6 cm³/mol. The summed E-state index contributed by atoms with van der Waals surface area (Å²) in [5.74, 6) is -1.28. The Morgan fingerprint density at radius 2 is 2.40 bits per heavy atom. The standard InChI is InChI=1S/C10H13NO4/c1-3-15-10(12)8-5-4-7(2)6-9(8)11(13)14/h4,6,8H,3,5H2,1-2H3. The first-order valence-electron chi connectivity index (χ1n) is 4.75. The summed E-state index contributed by atoms with van der Waals surface area (Å²) >= 11 is 0. The topological polar surface area (TPSA) is 69.4 Å². The second-order valence-electron chi connectivity index (χ2n) is 3.31. The van der Waals surface area contributed by atoms with Crippen molar-refractivity contribution in [3.8, 4) is 0 Å². The van der Waals surface area contributed by atoms with E-state index in [1.54, 1.807) is 19.9 Å². The van der Waals surface area contributed by atoms with Crippen molar-refractivity contribution in [1.82, 2.24) is 0 Å². The van der Waals surface area contributed by atoms with Gasteiger partial charge in [-0.1, -0.05) is 6.08 Å². The highest BCUT2D eigenvalue weighted by molar-refractivity contribution is 5.76. The number of carbonyl (C=O) groups excluding carboxylic acids is 1. The fraction of sp³-hybridized carbons (Fsp3) is 0.500. The van der Waals surface area contributed by atoms with Gasteiger partial charge in [0.25, 0.3) is 5.70 Å². The summed E-state index contributed by atoms with van der Waals surface area (Å²) in [6.45, 7) is 3.69. The van der Waals surface area contributed by atoms with Gasteiger partial charge in [-0.3, -0.25) is 14.9 Å². The van der Waals surface area contributed by atoms with Gasteiger partial charge in [0.05, 0.1) is 11.5 Å². The monoisotopic (exact) mass is 211 g/mol. The summed E-state index contributed by atoms with van der Waals surface area (Å²) < 4.78 is 4.78. The van der Waals surface area contributed by atoms with Crippen molar-refractivity contribution >= 4 is 5.97 Å². The van der Waals surface area contributed by atoms with Crippen LogP contribution in [-0.4, -0.2) is 17.5 Å². The van der Waals surface area contributed by atoms with Crippen LogP contribution >= 0.6 is 0 Å². The molecule has 0 amide bonds. The van der Waals surface area contributed by atoms with Crippen molar-refractivity contribution < 1.29 is 14.5 Å². The maximum Gasteiger partial charge on any atom is 0.320 e. The summed E-state index contributed by atoms with van der Waals surface area (Å²) in [6.07, 6.45) is 3.57. The van der Waals surface area contributed by atoms with Crippen LogP contribution in [0.3, 0.4) is 0 Å². The van der Waals surface area contributed by atoms with Crippen molar-refractivity contribution in [2.75, 3.05) is 6.61 Å². The van der Waals surface area contributed by atoms with Crippen molar-refractivity contribution in [3.05, 3.63) is 33.5 Å². The van der Waals surface area contributed by atoms with Crippen LogP contribution in [0.4, 0.5) is 0 Å². The van der Waals surface area contributed by atoms with Crippen LogP contribution in [0.1, 0.15) is 20.3 Å². The number of hydrogen-bond acceptors (Lipinski definition) is 4. The molecule has 0 bridgehead atoms. The molecule has 0 radical (unpaired) electrons. The zero-order valence-electron chi connectivity index (χ0n) is 8.73. The third-order valence-corrected chi connectivity index (χ3v) is 2.19. The molecule has 5 heteroatoms. The molecule has 0 aromatic carbocycles. The van der Waals surface area contributed by atoms with Gasteiger partial charge in [-0.05, 0) is 25.8 Å². The summed E-state index contributed by atoms with van der Waals surface area (Å²) in [5, 5.41) is 10.7. The fourth-order valence-electron chi connectivity index (χ4n) is 1.46. The Labute approximate surface area is 87.6 Å². The normalized spacial score (nSPS) is 20.3. The zero-order valence-corrected chi connectivity index (χ0v) is 8.73. The Hall–Kier alpha value is -1.65. The largest absolute Gasteiger partial charge is 0.465 e. The minimum absolute atomic E-state index is 0.0755. The Morgan fingerprint density at radius 1 is 1.73 bits per heavy atom. The molecule has 0 N–H and O–H groups in total. The van der Waals surface area contributed by atoms with E-state index in [4.69, 9.17) is 4.74 Å². The first-order valence-corrected chi connectivity index (χ1v) is 4.75. The van der Waals surface area contributed by atoms with Gasteiger partial charge in [-0.15, -0.1) is 0 Å². The molecule has 0 aromatic heterocycles. The van der Waals surface area contributed by atoms with Gasteiger partial charge in [0.15, 0.2) is 5.92 Å². The average molecular weight is 211 g/mol. The molecule has 0 spiro atoms. The van der Waals surface area contributed by atoms with Gasteiger partial charge in [0.1, 0.15) is 0 Å². The number of ether oxygens (including phenoxy) is 1. The minimum Gasteiger partial charge on any atom is -0.465 e. The van der Waals surface area contributed by atoms with Gasteiger partial charge >= 0.3 is 5.97 Å². The predicted octanol–water partition coefficient (Wildman–Crippen LogP) is 1.68. The van der Waals surface area contributed by atoms with E-state index in [1.807, 2.05) is 0 Å². The average Bonchev–Trinajstić information content (AvgIpc) is 2.17. The van der Waals surface area contributed by atoms with E-state index in [9.17, 15) is 14.9 Å². The molecule has 0 fully saturated rings. The lowest BCUT2D eigenvalue weighted by molar-refractivity contribution is -0.432. The molecule has 82 valence electrons. The maximum atomic E-state index is 11.4. The summed E-state index contributed by atoms with van der Waals surface area (Å²) in [4.78, 5) is 21.6. The van der Waals surface area contributed by atoms with Gasteiger partial charge in [0.2, 0.25) is 0 Å². The summed E-state index contributed by atoms with van der Waals surface area (Å²) in [5.41, 5.74) is 0.732. The molecule has 0 aliphatic heterocycles. The van der Waals surface area contributed by atoms with Crippen LogP contribution in [0, 0.1) is 16.0 Å². The second-order valence-corrected chi connectivity index (χ2v) is 3.31. The highest BCUT2D eigenvalue weighted by Gasteiger charge is 2.33. The molecule has 0 aromatic rings. The molecule has 1 atom stereocenters. The Bertz CT molecular complexity index is 343. The Balaban J connectivity index is 2.88. The molecule has 1 rings (SSSR count). The molecule has 5 nitrogen and oxygen atoms in total. The number of nitrogens with zero attached hydrogens (tertiary/aromatic N) is 1. The SMILES string of the molecule is CCOC(=O)C1CC=C(C)C=C1[N+](=O)[O-]. The number of rotatable bonds is 3. The molecule has 0 saturated heterocycles. The second kappa shape index (κ2) is 4.72. The number of allylic oxidation sites excluding steroid dienone is 3. The highest BCUT2D eigenvalue weighted by Crippen LogP contribution is 2.25. The lowest BCUT2D eigenvalue weighted by atomic mass is 9.94. The molecule has 1 aliphatic carbocycles. The van der Waals surface area contributed by atoms with Gasteiger partial charge in [-0.25, -0.2) is 0 Å². The van der Waals surface area contributed by atoms with E-state index in [2.05, 4.69) is 0 Å². The smallest absolute Gasteiger partial charge is 0.320 e. The molecule has 15 heavy (non-hydrogen) atoms. The number of carbonyl (C=O) groups is 1. The quantitative estimate of drug-likeness (QED) is 0.404. The van der Waals surface area contributed by atoms with Crippen LogP contribution in [0.2, 0.25) is 0 Å². The van der Waals surface area contributed by atoms with Crippen molar-refractivity contribution in [1.29, 1.82) is 0 Å². The van der Waals surface area contributed by atoms with Gasteiger partial charge in [0, 0.05) is 6.08 Å². The summed E-state index contributed by atoms with van der Waals surface area (Å²) in [6, 6.07) is 0. The number of esters is 1. The van der Waals surface area contributed by atoms with E-state index in [1.165, 1.54) is 6.08 Å². The third-order valence-electron chi connectivity index (χ3n) is 2.19. The van der Waals surface area contributed by atoms with Crippen LogP contribution in [-0.2, 0) is 9.53 Å². The van der Waals surface area contributed by atoms with Crippen molar-refractivity contribution in [3.63, 3.8) is 0 Å². The van der Waals surface area contributed by atoms with Gasteiger partial charge in [-0.2, -0.15) is 0 Å². The number of hydrogen-bond donors (Lipinski definition) is 0. The highest BCUT2D eigenvalue weighted by atomic mass is 16.6. The Kier molecular flexibility index (Phi) is 3.60. The van der Waals surface area contributed by atoms with Crippen LogP contribution in [0.5, 0.6) is 0 Å². The van der Waals surface area contributed by atoms with Gasteiger partial charge < -0.3 is 4.74 Å². The van der Waals surface area contributed by atoms with Crippen molar-refractivity contribution in [2.45, 2.75) is 20.3 Å². The maximum absolute atomic E-state index is 11.4. The van der Waals surface area contributed by atoms with E-state index in [-0.39, 0.29) is 12.3 Å². The van der Waals surface area contributed by atoms with E-state index in [0.29, 0.717) is 6.42 Å². The third kappa shape index (κ3) is 2.65. The fourth-order valence-corrected chi connectivity index (χ4v) is 1.46. The van der Waals surface area contributed by atoms with Crippen molar-refractivity contribution in [2.24, 2.45) is 5.92 Å². The number of nitro groups is 1. The van der Waals surface area contributed by atoms with E-state index >= 15 is 0 Å². The Morgan fingerprint density at radius 3 is 2.93 bits per heavy atom. The van der Waals surface area contributed by atoms with Crippen LogP contribution in [0.25, 0.3) is 0 Å². The lowest BCUT2D eigenvalue weighted by Crippen LogP contribution is -2.25. The molecule has 1 unspecified atom stereocenters. The molecular formula is C10H13NO4. The minimum atomic E-state index is -0.761. The van der Waals surface area contributed by atoms with E-state index < -0.39 is 16.8 Å². The molecule has 1 aliphatic rings. The molecular weight excluding hydrogens is 198 g/mol. The zero-order chi connectivity index (χ0) is 11.4. The first kappa shape index (κ1) is 11.4. The van der Waals surface area contributed by atoms with Crippen LogP contribution < -0.4 is 0 Å². The van der Waals surface area contributed by atoms with E-state index in [0.717, 1.165) is 5.57 Å².